The van der Waals surface area contributed by atoms with Crippen LogP contribution in [0.3, 0.4) is 0 Å². The van der Waals surface area contributed by atoms with Gasteiger partial charge in [0.15, 0.2) is 0 Å². The maximum atomic E-state index is 4.21. The van der Waals surface area contributed by atoms with Crippen molar-refractivity contribution in [3.63, 3.8) is 0 Å². The fraction of sp³-hybridized carbons (Fsp3) is 0.571. The van der Waals surface area contributed by atoms with Crippen LogP contribution in [0.15, 0.2) is 12.3 Å². The molecule has 0 radical (unpaired) electrons. The zero-order valence-corrected chi connectivity index (χ0v) is 7.78. The number of hydrogen-bond acceptors (Lipinski definition) is 1. The smallest absolute Gasteiger partial charge is 0.0989 e. The SMILES string of the molecule is Ic1ccnn1CC1CC1. The molecule has 1 aliphatic rings. The summed E-state index contributed by atoms with van der Waals surface area (Å²) >= 11 is 2.32. The molecule has 10 heavy (non-hydrogen) atoms. The maximum absolute atomic E-state index is 4.21. The molecular formula is C7H9IN2. The Labute approximate surface area is 73.8 Å². The van der Waals surface area contributed by atoms with Gasteiger partial charge in [-0.1, -0.05) is 0 Å². The first-order valence-electron chi connectivity index (χ1n) is 3.53. The van der Waals surface area contributed by atoms with Crippen LogP contribution in [0.1, 0.15) is 12.8 Å². The molecule has 0 bridgehead atoms. The largest absolute Gasteiger partial charge is 0.259 e. The molecule has 1 aromatic rings. The van der Waals surface area contributed by atoms with Gasteiger partial charge in [0.1, 0.15) is 0 Å². The Morgan fingerprint density at radius 1 is 1.70 bits per heavy atom. The van der Waals surface area contributed by atoms with Crippen LogP contribution >= 0.6 is 22.6 Å². The van der Waals surface area contributed by atoms with Crippen LogP contribution in [0, 0.1) is 9.62 Å². The van der Waals surface area contributed by atoms with Crippen molar-refractivity contribution in [3.8, 4) is 0 Å². The van der Waals surface area contributed by atoms with Crippen molar-refractivity contribution in [1.82, 2.24) is 9.78 Å². The predicted octanol–water partition coefficient (Wildman–Crippen LogP) is 1.90. The summed E-state index contributed by atoms with van der Waals surface area (Å²) in [5.74, 6) is 0.924. The molecule has 0 unspecified atom stereocenters. The van der Waals surface area contributed by atoms with Crippen molar-refractivity contribution in [2.24, 2.45) is 5.92 Å². The lowest BCUT2D eigenvalue weighted by Gasteiger charge is -1.98. The van der Waals surface area contributed by atoms with Crippen LogP contribution in [-0.2, 0) is 6.54 Å². The molecule has 3 heteroatoms. The van der Waals surface area contributed by atoms with E-state index in [1.165, 1.54) is 16.5 Å². The first-order valence-corrected chi connectivity index (χ1v) is 4.61. The van der Waals surface area contributed by atoms with E-state index in [0.29, 0.717) is 0 Å². The van der Waals surface area contributed by atoms with E-state index in [0.717, 1.165) is 12.5 Å². The van der Waals surface area contributed by atoms with Gasteiger partial charge >= 0.3 is 0 Å². The zero-order valence-electron chi connectivity index (χ0n) is 5.63. The minimum absolute atomic E-state index is 0.924. The Morgan fingerprint density at radius 3 is 3.00 bits per heavy atom. The second-order valence-electron chi connectivity index (χ2n) is 2.78. The van der Waals surface area contributed by atoms with Gasteiger partial charge in [0, 0.05) is 6.54 Å². The average Bonchev–Trinajstić information content (AvgIpc) is 2.62. The van der Waals surface area contributed by atoms with Gasteiger partial charge in [0.2, 0.25) is 0 Å². The zero-order chi connectivity index (χ0) is 6.97. The minimum atomic E-state index is 0.924. The first kappa shape index (κ1) is 6.64. The normalized spacial score (nSPS) is 17.7. The molecule has 0 N–H and O–H groups in total. The quantitative estimate of drug-likeness (QED) is 0.731. The van der Waals surface area contributed by atoms with E-state index in [-0.39, 0.29) is 0 Å². The number of rotatable bonds is 2. The van der Waals surface area contributed by atoms with Gasteiger partial charge in [-0.2, -0.15) is 5.10 Å². The van der Waals surface area contributed by atoms with E-state index < -0.39 is 0 Å². The highest BCUT2D eigenvalue weighted by atomic mass is 127. The summed E-state index contributed by atoms with van der Waals surface area (Å²) < 4.78 is 3.34. The van der Waals surface area contributed by atoms with Gasteiger partial charge in [-0.3, -0.25) is 4.68 Å². The molecule has 0 aromatic carbocycles. The summed E-state index contributed by atoms with van der Waals surface area (Å²) in [5.41, 5.74) is 0. The number of nitrogens with zero attached hydrogens (tertiary/aromatic N) is 2. The second-order valence-corrected chi connectivity index (χ2v) is 3.88. The molecule has 1 heterocycles. The molecule has 2 nitrogen and oxygen atoms in total. The second kappa shape index (κ2) is 2.53. The minimum Gasteiger partial charge on any atom is -0.259 e. The fourth-order valence-electron chi connectivity index (χ4n) is 0.996. The van der Waals surface area contributed by atoms with Gasteiger partial charge < -0.3 is 0 Å². The summed E-state index contributed by atoms with van der Waals surface area (Å²) in [6.07, 6.45) is 4.66. The van der Waals surface area contributed by atoms with Gasteiger partial charge in [-0.25, -0.2) is 0 Å². The standard InChI is InChI=1S/C7H9IN2/c8-7-3-4-9-10(7)5-6-1-2-6/h3-4,6H,1-2,5H2. The van der Waals surface area contributed by atoms with Gasteiger partial charge in [-0.05, 0) is 47.4 Å². The first-order chi connectivity index (χ1) is 4.86. The molecule has 1 saturated carbocycles. The summed E-state index contributed by atoms with van der Waals surface area (Å²) in [7, 11) is 0. The van der Waals surface area contributed by atoms with E-state index in [9.17, 15) is 0 Å². The Hall–Kier alpha value is -0.0600. The monoisotopic (exact) mass is 248 g/mol. The highest BCUT2D eigenvalue weighted by Gasteiger charge is 2.22. The predicted molar refractivity (Wildman–Crippen MR) is 47.7 cm³/mol. The van der Waals surface area contributed by atoms with Crippen molar-refractivity contribution < 1.29 is 0 Å². The topological polar surface area (TPSA) is 17.8 Å². The molecule has 0 spiro atoms. The molecule has 1 aromatic heterocycles. The molecule has 0 atom stereocenters. The highest BCUT2D eigenvalue weighted by Crippen LogP contribution is 2.30. The van der Waals surface area contributed by atoms with E-state index in [1.807, 2.05) is 12.3 Å². The van der Waals surface area contributed by atoms with Crippen molar-refractivity contribution in [3.05, 3.63) is 16.0 Å². The van der Waals surface area contributed by atoms with Crippen molar-refractivity contribution in [2.45, 2.75) is 19.4 Å². The summed E-state index contributed by atoms with van der Waals surface area (Å²) in [4.78, 5) is 0. The van der Waals surface area contributed by atoms with E-state index in [1.54, 1.807) is 0 Å². The lowest BCUT2D eigenvalue weighted by atomic mass is 10.4. The molecule has 2 rings (SSSR count). The van der Waals surface area contributed by atoms with Crippen LogP contribution < -0.4 is 0 Å². The molecule has 0 saturated heterocycles. The van der Waals surface area contributed by atoms with Crippen LogP contribution in [0.2, 0.25) is 0 Å². The number of hydrogen-bond donors (Lipinski definition) is 0. The molecule has 54 valence electrons. The Kier molecular flexibility index (Phi) is 1.68. The van der Waals surface area contributed by atoms with Gasteiger partial charge in [0.25, 0.3) is 0 Å². The molecular weight excluding hydrogens is 239 g/mol. The number of aromatic nitrogens is 2. The Bertz CT molecular complexity index is 227. The third kappa shape index (κ3) is 1.33. The highest BCUT2D eigenvalue weighted by molar-refractivity contribution is 14.1. The average molecular weight is 248 g/mol. The van der Waals surface area contributed by atoms with E-state index >= 15 is 0 Å². The van der Waals surface area contributed by atoms with Crippen LogP contribution in [0.4, 0.5) is 0 Å². The maximum Gasteiger partial charge on any atom is 0.0989 e. The molecule has 0 aliphatic heterocycles. The van der Waals surface area contributed by atoms with Crippen molar-refractivity contribution >= 4 is 22.6 Å². The fourth-order valence-corrected chi connectivity index (χ4v) is 1.48. The Balaban J connectivity index is 2.08. The third-order valence-corrected chi connectivity index (χ3v) is 2.71. The van der Waals surface area contributed by atoms with E-state index in [4.69, 9.17) is 0 Å². The lowest BCUT2D eigenvalue weighted by Crippen LogP contribution is -2.02. The molecule has 1 fully saturated rings. The number of halogens is 1. The Morgan fingerprint density at radius 2 is 2.50 bits per heavy atom. The van der Waals surface area contributed by atoms with Crippen LogP contribution in [0.25, 0.3) is 0 Å². The summed E-state index contributed by atoms with van der Waals surface area (Å²) in [6, 6.07) is 2.04. The van der Waals surface area contributed by atoms with Crippen LogP contribution in [0.5, 0.6) is 0 Å². The van der Waals surface area contributed by atoms with Gasteiger partial charge in [0.05, 0.1) is 9.90 Å². The van der Waals surface area contributed by atoms with E-state index in [2.05, 4.69) is 32.4 Å². The van der Waals surface area contributed by atoms with Gasteiger partial charge in [-0.15, -0.1) is 0 Å². The van der Waals surface area contributed by atoms with Crippen molar-refractivity contribution in [2.75, 3.05) is 0 Å². The third-order valence-electron chi connectivity index (χ3n) is 1.79. The summed E-state index contributed by atoms with van der Waals surface area (Å²) in [5, 5.41) is 4.21. The lowest BCUT2D eigenvalue weighted by molar-refractivity contribution is 0.552. The summed E-state index contributed by atoms with van der Waals surface area (Å²) in [6.45, 7) is 1.13. The van der Waals surface area contributed by atoms with Crippen molar-refractivity contribution in [1.29, 1.82) is 0 Å². The molecule has 1 aliphatic carbocycles. The van der Waals surface area contributed by atoms with Crippen LogP contribution in [-0.4, -0.2) is 9.78 Å². The molecule has 0 amide bonds.